The Morgan fingerprint density at radius 1 is 1.03 bits per heavy atom. The molecule has 0 atom stereocenters. The Labute approximate surface area is 177 Å². The molecule has 4 aromatic rings. The molecule has 0 saturated heterocycles. The summed E-state index contributed by atoms with van der Waals surface area (Å²) in [6, 6.07) is 10.4. The number of halogens is 2. The summed E-state index contributed by atoms with van der Waals surface area (Å²) in [5, 5.41) is 4.04. The minimum atomic E-state index is -0.809. The van der Waals surface area contributed by atoms with Crippen LogP contribution in [0.25, 0.3) is 22.5 Å². The van der Waals surface area contributed by atoms with Gasteiger partial charge in [-0.25, -0.2) is 23.6 Å². The van der Waals surface area contributed by atoms with Gasteiger partial charge < -0.3 is 4.52 Å². The van der Waals surface area contributed by atoms with Crippen molar-refractivity contribution in [2.75, 3.05) is 4.90 Å². The standard InChI is InChI=1S/C23H18F2N4O2/c1-13-8-14(2)10-17(9-13)29(15(3)30)23-21(20-6-7-26-12-27-20)22(28-31-23)18-5-4-16(24)11-19(18)25/h4-12H,1-3H3. The van der Waals surface area contributed by atoms with Crippen LogP contribution in [0.3, 0.4) is 0 Å². The number of aryl methyl sites for hydroxylation is 2. The van der Waals surface area contributed by atoms with Crippen LogP contribution in [0.5, 0.6) is 0 Å². The first kappa shape index (κ1) is 20.3. The number of hydrogen-bond donors (Lipinski definition) is 0. The van der Waals surface area contributed by atoms with Crippen molar-refractivity contribution in [2.24, 2.45) is 0 Å². The topological polar surface area (TPSA) is 72.1 Å². The van der Waals surface area contributed by atoms with Crippen LogP contribution in [0.4, 0.5) is 20.4 Å². The quantitative estimate of drug-likeness (QED) is 0.443. The number of aromatic nitrogens is 3. The number of carbonyl (C=O) groups excluding carboxylic acids is 1. The van der Waals surface area contributed by atoms with E-state index >= 15 is 0 Å². The minimum absolute atomic E-state index is 0.0222. The molecule has 8 heteroatoms. The second kappa shape index (κ2) is 8.06. The molecule has 0 aliphatic rings. The van der Waals surface area contributed by atoms with Crippen molar-refractivity contribution >= 4 is 17.5 Å². The van der Waals surface area contributed by atoms with Crippen LogP contribution < -0.4 is 4.90 Å². The van der Waals surface area contributed by atoms with Gasteiger partial charge in [-0.2, -0.15) is 0 Å². The molecule has 6 nitrogen and oxygen atoms in total. The van der Waals surface area contributed by atoms with Gasteiger partial charge >= 0.3 is 0 Å². The molecule has 0 bridgehead atoms. The Morgan fingerprint density at radius 3 is 2.39 bits per heavy atom. The zero-order valence-corrected chi connectivity index (χ0v) is 17.1. The molecule has 2 heterocycles. The first-order valence-electron chi connectivity index (χ1n) is 9.45. The van der Waals surface area contributed by atoms with Crippen LogP contribution in [-0.2, 0) is 4.79 Å². The van der Waals surface area contributed by atoms with Crippen LogP contribution in [0.1, 0.15) is 18.1 Å². The highest BCUT2D eigenvalue weighted by atomic mass is 19.1. The fraction of sp³-hybridized carbons (Fsp3) is 0.130. The molecular formula is C23H18F2N4O2. The Balaban J connectivity index is 1.99. The summed E-state index contributed by atoms with van der Waals surface area (Å²) < 4.78 is 33.6. The maximum Gasteiger partial charge on any atom is 0.248 e. The molecule has 2 aromatic carbocycles. The van der Waals surface area contributed by atoms with Gasteiger partial charge in [-0.3, -0.25) is 4.79 Å². The van der Waals surface area contributed by atoms with E-state index in [4.69, 9.17) is 4.52 Å². The Kier molecular flexibility index (Phi) is 5.29. The number of benzene rings is 2. The van der Waals surface area contributed by atoms with Gasteiger partial charge in [0, 0.05) is 24.8 Å². The van der Waals surface area contributed by atoms with Gasteiger partial charge in [-0.15, -0.1) is 0 Å². The van der Waals surface area contributed by atoms with Gasteiger partial charge in [0.15, 0.2) is 0 Å². The molecule has 0 aliphatic heterocycles. The van der Waals surface area contributed by atoms with Crippen LogP contribution in [0.15, 0.2) is 59.5 Å². The summed E-state index contributed by atoms with van der Waals surface area (Å²) in [7, 11) is 0. The molecule has 156 valence electrons. The van der Waals surface area contributed by atoms with E-state index in [9.17, 15) is 13.6 Å². The number of rotatable bonds is 4. The number of hydrogen-bond acceptors (Lipinski definition) is 5. The lowest BCUT2D eigenvalue weighted by Crippen LogP contribution is -2.23. The molecular weight excluding hydrogens is 402 g/mol. The summed E-state index contributed by atoms with van der Waals surface area (Å²) in [5.74, 6) is -1.78. The van der Waals surface area contributed by atoms with Crippen LogP contribution in [0.2, 0.25) is 0 Å². The van der Waals surface area contributed by atoms with E-state index in [1.54, 1.807) is 6.07 Å². The monoisotopic (exact) mass is 420 g/mol. The van der Waals surface area contributed by atoms with E-state index in [0.717, 1.165) is 23.3 Å². The average molecular weight is 420 g/mol. The summed E-state index contributed by atoms with van der Waals surface area (Å²) in [6.45, 7) is 5.22. The van der Waals surface area contributed by atoms with Gasteiger partial charge in [0.1, 0.15) is 23.7 Å². The number of amides is 1. The summed E-state index contributed by atoms with van der Waals surface area (Å²) in [5.41, 5.74) is 3.27. The smallest absolute Gasteiger partial charge is 0.248 e. The fourth-order valence-corrected chi connectivity index (χ4v) is 3.49. The number of carbonyl (C=O) groups is 1. The first-order chi connectivity index (χ1) is 14.8. The maximum atomic E-state index is 14.6. The lowest BCUT2D eigenvalue weighted by Gasteiger charge is -2.20. The predicted molar refractivity (Wildman–Crippen MR) is 112 cm³/mol. The second-order valence-corrected chi connectivity index (χ2v) is 7.13. The third-order valence-corrected chi connectivity index (χ3v) is 4.68. The largest absolute Gasteiger partial charge is 0.336 e. The Hall–Kier alpha value is -3.94. The van der Waals surface area contributed by atoms with Gasteiger partial charge in [-0.1, -0.05) is 11.2 Å². The van der Waals surface area contributed by atoms with Crippen molar-refractivity contribution in [3.63, 3.8) is 0 Å². The highest BCUT2D eigenvalue weighted by molar-refractivity contribution is 6.03. The molecule has 0 radical (unpaired) electrons. The fourth-order valence-electron chi connectivity index (χ4n) is 3.49. The molecule has 4 rings (SSSR count). The van der Waals surface area contributed by atoms with Gasteiger partial charge in [0.25, 0.3) is 0 Å². The van der Waals surface area contributed by atoms with Crippen molar-refractivity contribution < 1.29 is 18.1 Å². The maximum absolute atomic E-state index is 14.6. The lowest BCUT2D eigenvalue weighted by molar-refractivity contribution is -0.116. The highest BCUT2D eigenvalue weighted by Crippen LogP contribution is 2.42. The molecule has 31 heavy (non-hydrogen) atoms. The van der Waals surface area contributed by atoms with Gasteiger partial charge in [0.2, 0.25) is 11.8 Å². The molecule has 0 fully saturated rings. The normalized spacial score (nSPS) is 10.9. The summed E-state index contributed by atoms with van der Waals surface area (Å²) in [6.07, 6.45) is 2.84. The molecule has 0 saturated carbocycles. The zero-order chi connectivity index (χ0) is 22.1. The zero-order valence-electron chi connectivity index (χ0n) is 17.1. The Morgan fingerprint density at radius 2 is 1.77 bits per heavy atom. The van der Waals surface area contributed by atoms with Crippen molar-refractivity contribution in [1.29, 1.82) is 0 Å². The highest BCUT2D eigenvalue weighted by Gasteiger charge is 2.29. The van der Waals surface area contributed by atoms with E-state index in [-0.39, 0.29) is 23.0 Å². The van der Waals surface area contributed by atoms with Crippen molar-refractivity contribution in [3.05, 3.63) is 77.8 Å². The van der Waals surface area contributed by atoms with Gasteiger partial charge in [0.05, 0.1) is 16.9 Å². The van der Waals surface area contributed by atoms with E-state index < -0.39 is 11.6 Å². The van der Waals surface area contributed by atoms with Crippen LogP contribution >= 0.6 is 0 Å². The van der Waals surface area contributed by atoms with E-state index in [1.165, 1.54) is 30.4 Å². The van der Waals surface area contributed by atoms with Crippen molar-refractivity contribution in [2.45, 2.75) is 20.8 Å². The Bertz CT molecular complexity index is 1250. The number of nitrogens with zero attached hydrogens (tertiary/aromatic N) is 4. The molecule has 0 unspecified atom stereocenters. The summed E-state index contributed by atoms with van der Waals surface area (Å²) >= 11 is 0. The predicted octanol–water partition coefficient (Wildman–Crippen LogP) is 5.38. The second-order valence-electron chi connectivity index (χ2n) is 7.13. The van der Waals surface area contributed by atoms with Crippen molar-refractivity contribution in [3.8, 4) is 22.5 Å². The van der Waals surface area contributed by atoms with Crippen molar-refractivity contribution in [1.82, 2.24) is 15.1 Å². The van der Waals surface area contributed by atoms with Gasteiger partial charge in [-0.05, 0) is 55.3 Å². The molecule has 0 N–H and O–H groups in total. The van der Waals surface area contributed by atoms with Crippen LogP contribution in [0, 0.1) is 25.5 Å². The minimum Gasteiger partial charge on any atom is -0.336 e. The average Bonchev–Trinajstić information content (AvgIpc) is 3.12. The lowest BCUT2D eigenvalue weighted by atomic mass is 10.0. The third kappa shape index (κ3) is 3.92. The molecule has 1 amide bonds. The van der Waals surface area contributed by atoms with Crippen LogP contribution in [-0.4, -0.2) is 21.0 Å². The SMILES string of the molecule is CC(=O)N(c1cc(C)cc(C)c1)c1onc(-c2ccc(F)cc2F)c1-c1ccncn1. The first-order valence-corrected chi connectivity index (χ1v) is 9.45. The summed E-state index contributed by atoms with van der Waals surface area (Å²) in [4.78, 5) is 22.2. The number of anilines is 2. The van der Waals surface area contributed by atoms with E-state index in [0.29, 0.717) is 16.9 Å². The van der Waals surface area contributed by atoms with E-state index in [2.05, 4.69) is 15.1 Å². The molecule has 0 aliphatic carbocycles. The third-order valence-electron chi connectivity index (χ3n) is 4.68. The van der Waals surface area contributed by atoms with E-state index in [1.807, 2.05) is 32.0 Å². The molecule has 2 aromatic heterocycles. The molecule has 0 spiro atoms.